The first-order valence-electron chi connectivity index (χ1n) is 5.12. The summed E-state index contributed by atoms with van der Waals surface area (Å²) >= 11 is 1.55. The third-order valence-electron chi connectivity index (χ3n) is 2.34. The van der Waals surface area contributed by atoms with Crippen molar-refractivity contribution in [2.75, 3.05) is 5.32 Å². The molecule has 0 bridgehead atoms. The molecule has 1 N–H and O–H groups in total. The van der Waals surface area contributed by atoms with Gasteiger partial charge in [0, 0.05) is 12.7 Å². The van der Waals surface area contributed by atoms with Gasteiger partial charge in [0.2, 0.25) is 5.95 Å². The number of aryl methyl sites for hydroxylation is 1. The van der Waals surface area contributed by atoms with E-state index in [0.29, 0.717) is 6.54 Å². The van der Waals surface area contributed by atoms with Crippen molar-refractivity contribution < 1.29 is 13.2 Å². The van der Waals surface area contributed by atoms with Crippen molar-refractivity contribution in [3.8, 4) is 0 Å². The average Bonchev–Trinajstić information content (AvgIpc) is 2.72. The monoisotopic (exact) mass is 273 g/mol. The second-order valence-corrected chi connectivity index (χ2v) is 4.44. The summed E-state index contributed by atoms with van der Waals surface area (Å²) < 4.78 is 37.3. The van der Waals surface area contributed by atoms with Crippen LogP contribution >= 0.6 is 11.3 Å². The number of aromatic nitrogens is 2. The van der Waals surface area contributed by atoms with Crippen LogP contribution in [0, 0.1) is 6.92 Å². The Morgan fingerprint density at radius 3 is 2.72 bits per heavy atom. The van der Waals surface area contributed by atoms with Gasteiger partial charge in [-0.25, -0.2) is 9.97 Å². The number of rotatable bonds is 3. The van der Waals surface area contributed by atoms with Crippen LogP contribution in [0.4, 0.5) is 19.1 Å². The van der Waals surface area contributed by atoms with E-state index >= 15 is 0 Å². The molecule has 0 aliphatic rings. The van der Waals surface area contributed by atoms with E-state index in [2.05, 4.69) is 15.3 Å². The van der Waals surface area contributed by atoms with Crippen molar-refractivity contribution in [1.82, 2.24) is 9.97 Å². The zero-order valence-electron chi connectivity index (χ0n) is 9.45. The van der Waals surface area contributed by atoms with Gasteiger partial charge in [0.1, 0.15) is 5.69 Å². The fourth-order valence-electron chi connectivity index (χ4n) is 1.34. The van der Waals surface area contributed by atoms with Crippen molar-refractivity contribution >= 4 is 17.3 Å². The molecule has 3 nitrogen and oxygen atoms in total. The summed E-state index contributed by atoms with van der Waals surface area (Å²) in [6.07, 6.45) is -3.35. The molecule has 0 unspecified atom stereocenters. The van der Waals surface area contributed by atoms with Gasteiger partial charge in [0.25, 0.3) is 0 Å². The van der Waals surface area contributed by atoms with Gasteiger partial charge in [0.05, 0.1) is 0 Å². The van der Waals surface area contributed by atoms with Gasteiger partial charge in [-0.1, -0.05) is 0 Å². The van der Waals surface area contributed by atoms with Gasteiger partial charge in [-0.3, -0.25) is 0 Å². The first-order chi connectivity index (χ1) is 8.47. The predicted molar refractivity (Wildman–Crippen MR) is 63.4 cm³/mol. The van der Waals surface area contributed by atoms with E-state index in [1.54, 1.807) is 11.3 Å². The molecule has 96 valence electrons. The number of hydrogen-bond acceptors (Lipinski definition) is 4. The molecule has 0 saturated heterocycles. The summed E-state index contributed by atoms with van der Waals surface area (Å²) in [5.41, 5.74) is 1.18. The Morgan fingerprint density at radius 2 is 2.11 bits per heavy atom. The first-order valence-corrected chi connectivity index (χ1v) is 6.07. The molecule has 2 heterocycles. The molecule has 0 aliphatic carbocycles. The highest BCUT2D eigenvalue weighted by Gasteiger charge is 2.32. The van der Waals surface area contributed by atoms with Crippen molar-refractivity contribution in [3.05, 3.63) is 39.8 Å². The van der Waals surface area contributed by atoms with Crippen molar-refractivity contribution in [2.45, 2.75) is 19.6 Å². The molecule has 18 heavy (non-hydrogen) atoms. The molecule has 0 amide bonds. The van der Waals surface area contributed by atoms with E-state index in [4.69, 9.17) is 0 Å². The summed E-state index contributed by atoms with van der Waals surface area (Å²) in [7, 11) is 0. The second-order valence-electron chi connectivity index (χ2n) is 3.70. The van der Waals surface area contributed by atoms with Crippen LogP contribution in [-0.4, -0.2) is 9.97 Å². The van der Waals surface area contributed by atoms with E-state index < -0.39 is 11.9 Å². The largest absolute Gasteiger partial charge is 0.433 e. The predicted octanol–water partition coefficient (Wildman–Crippen LogP) is 3.48. The van der Waals surface area contributed by atoms with Gasteiger partial charge in [0.15, 0.2) is 0 Å². The normalized spacial score (nSPS) is 11.6. The van der Waals surface area contributed by atoms with Gasteiger partial charge >= 0.3 is 6.18 Å². The van der Waals surface area contributed by atoms with E-state index in [0.717, 1.165) is 23.4 Å². The summed E-state index contributed by atoms with van der Waals surface area (Å²) in [6.45, 7) is 2.36. The van der Waals surface area contributed by atoms with E-state index in [9.17, 15) is 13.2 Å². The fourth-order valence-corrected chi connectivity index (χ4v) is 2.20. The zero-order valence-corrected chi connectivity index (χ0v) is 10.3. The summed E-state index contributed by atoms with van der Waals surface area (Å²) in [5, 5.41) is 6.70. The highest BCUT2D eigenvalue weighted by Crippen LogP contribution is 2.27. The van der Waals surface area contributed by atoms with Crippen LogP contribution in [0.1, 0.15) is 16.8 Å². The molecule has 2 aromatic heterocycles. The zero-order chi connectivity index (χ0) is 13.2. The lowest BCUT2D eigenvalue weighted by Gasteiger charge is -2.08. The summed E-state index contributed by atoms with van der Waals surface area (Å²) in [6, 6.07) is 0.848. The van der Waals surface area contributed by atoms with Crippen molar-refractivity contribution in [3.63, 3.8) is 0 Å². The molecule has 0 aromatic carbocycles. The Labute approximate surface area is 106 Å². The molecule has 0 spiro atoms. The van der Waals surface area contributed by atoms with Crippen molar-refractivity contribution in [1.29, 1.82) is 0 Å². The Balaban J connectivity index is 2.09. The second kappa shape index (κ2) is 4.93. The molecule has 0 atom stereocenters. The smallest absolute Gasteiger partial charge is 0.350 e. The highest BCUT2D eigenvalue weighted by atomic mass is 32.1. The molecular weight excluding hydrogens is 263 g/mol. The number of alkyl halides is 3. The van der Waals surface area contributed by atoms with Gasteiger partial charge in [-0.05, 0) is 34.9 Å². The maximum absolute atomic E-state index is 12.4. The Bertz CT molecular complexity index is 536. The first kappa shape index (κ1) is 12.8. The molecule has 2 rings (SSSR count). The summed E-state index contributed by atoms with van der Waals surface area (Å²) in [4.78, 5) is 7.19. The number of halogens is 3. The third kappa shape index (κ3) is 2.98. The molecule has 0 aliphatic heterocycles. The fraction of sp³-hybridized carbons (Fsp3) is 0.273. The lowest BCUT2D eigenvalue weighted by atomic mass is 10.2. The molecule has 0 radical (unpaired) electrons. The van der Waals surface area contributed by atoms with Gasteiger partial charge in [-0.2, -0.15) is 24.5 Å². The van der Waals surface area contributed by atoms with Crippen LogP contribution in [0.3, 0.4) is 0 Å². The van der Waals surface area contributed by atoms with Gasteiger partial charge in [-0.15, -0.1) is 0 Å². The number of hydrogen-bond donors (Lipinski definition) is 1. The molecule has 7 heteroatoms. The topological polar surface area (TPSA) is 37.8 Å². The van der Waals surface area contributed by atoms with Crippen LogP contribution < -0.4 is 5.32 Å². The Morgan fingerprint density at radius 1 is 1.33 bits per heavy atom. The van der Waals surface area contributed by atoms with E-state index in [1.807, 2.05) is 17.7 Å². The minimum absolute atomic E-state index is 0.0181. The number of nitrogens with zero attached hydrogens (tertiary/aromatic N) is 2. The quantitative estimate of drug-likeness (QED) is 0.930. The number of nitrogens with one attached hydrogen (secondary N) is 1. The van der Waals surface area contributed by atoms with Crippen molar-refractivity contribution in [2.24, 2.45) is 0 Å². The Kier molecular flexibility index (Phi) is 3.51. The number of anilines is 1. The number of thiophene rings is 1. The maximum Gasteiger partial charge on any atom is 0.433 e. The van der Waals surface area contributed by atoms with Gasteiger partial charge < -0.3 is 5.32 Å². The van der Waals surface area contributed by atoms with Crippen LogP contribution in [0.2, 0.25) is 0 Å². The minimum atomic E-state index is -4.45. The minimum Gasteiger partial charge on any atom is -0.350 e. The molecule has 0 saturated carbocycles. The lowest BCUT2D eigenvalue weighted by molar-refractivity contribution is -0.141. The molecule has 0 fully saturated rings. The third-order valence-corrected chi connectivity index (χ3v) is 3.25. The van der Waals surface area contributed by atoms with Crippen LogP contribution in [-0.2, 0) is 12.7 Å². The maximum atomic E-state index is 12.4. The SMILES string of the molecule is Cc1cscc1CNc1nccc(C(F)(F)F)n1. The van der Waals surface area contributed by atoms with Crippen LogP contribution in [0.15, 0.2) is 23.0 Å². The Hall–Kier alpha value is -1.63. The van der Waals surface area contributed by atoms with Crippen LogP contribution in [0.25, 0.3) is 0 Å². The highest BCUT2D eigenvalue weighted by molar-refractivity contribution is 7.08. The lowest BCUT2D eigenvalue weighted by Crippen LogP contribution is -2.11. The van der Waals surface area contributed by atoms with E-state index in [-0.39, 0.29) is 5.95 Å². The summed E-state index contributed by atoms with van der Waals surface area (Å²) in [5.74, 6) is -0.0181. The average molecular weight is 273 g/mol. The van der Waals surface area contributed by atoms with E-state index in [1.165, 1.54) is 0 Å². The standard InChI is InChI=1S/C11H10F3N3S/c1-7-5-18-6-8(7)4-16-10-15-3-2-9(17-10)11(12,13)14/h2-3,5-6H,4H2,1H3,(H,15,16,17). The molecular formula is C11H10F3N3S. The van der Waals surface area contributed by atoms with Crippen LogP contribution in [0.5, 0.6) is 0 Å². The molecule has 2 aromatic rings.